The fourth-order valence-corrected chi connectivity index (χ4v) is 6.69. The second kappa shape index (κ2) is 14.6. The molecule has 0 saturated heterocycles. The molecule has 7 rings (SSSR count). The summed E-state index contributed by atoms with van der Waals surface area (Å²) < 4.78 is 7.41. The molecule has 15 heteroatoms. The van der Waals surface area contributed by atoms with Crippen LogP contribution < -0.4 is 21.7 Å². The van der Waals surface area contributed by atoms with E-state index in [1.165, 1.54) is 0 Å². The van der Waals surface area contributed by atoms with Gasteiger partial charge in [-0.2, -0.15) is 10.2 Å². The van der Waals surface area contributed by atoms with Crippen molar-refractivity contribution in [3.8, 4) is 0 Å². The molecule has 0 aliphatic carbocycles. The monoisotopic (exact) mass is 692 g/mol. The Bertz CT molecular complexity index is 2260. The van der Waals surface area contributed by atoms with E-state index in [1.807, 2.05) is 54.2 Å². The average molecular weight is 693 g/mol. The van der Waals surface area contributed by atoms with E-state index < -0.39 is 5.91 Å². The van der Waals surface area contributed by atoms with Crippen LogP contribution in [0.1, 0.15) is 75.5 Å². The molecule has 5 heterocycles. The smallest absolute Gasteiger partial charge is 0.276 e. The number of rotatable bonds is 2. The maximum atomic E-state index is 14.1. The SMILES string of the molecule is C.CCn1nc(C)c2c1C(=O)Nc1nc3cc(C(N)=O)ccc3n1CCCCn1c(nc3ccccc31)NC(=O)c1cc(C)nn1CCNCC2. The number of hydrogen-bond donors (Lipinski definition) is 4. The van der Waals surface area contributed by atoms with Gasteiger partial charge < -0.3 is 20.2 Å². The Morgan fingerprint density at radius 3 is 2.25 bits per heavy atom. The van der Waals surface area contributed by atoms with Crippen LogP contribution in [0.3, 0.4) is 0 Å². The van der Waals surface area contributed by atoms with Crippen molar-refractivity contribution in [3.05, 3.63) is 82.4 Å². The summed E-state index contributed by atoms with van der Waals surface area (Å²) in [6, 6.07) is 14.7. The molecular formula is C36H44N12O3. The molecule has 0 bridgehead atoms. The molecule has 6 aromatic rings. The minimum atomic E-state index is -0.553. The van der Waals surface area contributed by atoms with Crippen LogP contribution in [0.4, 0.5) is 11.9 Å². The molecule has 1 aliphatic heterocycles. The van der Waals surface area contributed by atoms with Crippen molar-refractivity contribution in [2.24, 2.45) is 5.73 Å². The lowest BCUT2D eigenvalue weighted by Crippen LogP contribution is -2.27. The van der Waals surface area contributed by atoms with Gasteiger partial charge in [0.05, 0.1) is 40.0 Å². The minimum Gasteiger partial charge on any atom is -0.366 e. The maximum absolute atomic E-state index is 14.1. The summed E-state index contributed by atoms with van der Waals surface area (Å²) in [4.78, 5) is 49.2. The van der Waals surface area contributed by atoms with Gasteiger partial charge >= 0.3 is 0 Å². The first-order valence-corrected chi connectivity index (χ1v) is 16.9. The Morgan fingerprint density at radius 1 is 0.843 bits per heavy atom. The first-order chi connectivity index (χ1) is 24.2. The summed E-state index contributed by atoms with van der Waals surface area (Å²) in [7, 11) is 0. The summed E-state index contributed by atoms with van der Waals surface area (Å²) >= 11 is 0. The lowest BCUT2D eigenvalue weighted by molar-refractivity contribution is 0.0994. The first-order valence-electron chi connectivity index (χ1n) is 16.9. The summed E-state index contributed by atoms with van der Waals surface area (Å²) in [5, 5.41) is 18.8. The number of aryl methyl sites for hydroxylation is 5. The largest absolute Gasteiger partial charge is 0.366 e. The van der Waals surface area contributed by atoms with Crippen LogP contribution >= 0.6 is 0 Å². The number of primary amides is 1. The Hall–Kier alpha value is -5.83. The highest BCUT2D eigenvalue weighted by molar-refractivity contribution is 6.05. The van der Waals surface area contributed by atoms with Gasteiger partial charge in [-0.05, 0) is 83.0 Å². The number of anilines is 2. The van der Waals surface area contributed by atoms with Crippen LogP contribution in [-0.4, -0.2) is 69.5 Å². The molecule has 266 valence electrons. The molecule has 0 saturated carbocycles. The van der Waals surface area contributed by atoms with Crippen LogP contribution in [-0.2, 0) is 32.6 Å². The standard InChI is InChI=1S/C35H40N12O3.CH4/c1-4-46-30-24(22(3)43-46)13-14-37-15-18-47-29(19-21(2)42-47)32(49)40-34-38-25-9-5-6-10-27(25)44(34)16-7-8-17-45-28-12-11-23(31(36)48)20-26(28)39-35(45)41-33(30)50;/h5-6,9-12,19-20,37H,4,7-8,13-18H2,1-3H3,(H2,36,48)(H,38,40,49)(H,39,41,50);1H4. The van der Waals surface area contributed by atoms with Gasteiger partial charge in [0.25, 0.3) is 11.8 Å². The predicted octanol–water partition coefficient (Wildman–Crippen LogP) is 4.28. The Morgan fingerprint density at radius 2 is 1.53 bits per heavy atom. The molecule has 5 N–H and O–H groups in total. The number of hydrogen-bond acceptors (Lipinski definition) is 8. The molecule has 0 radical (unpaired) electrons. The average Bonchev–Trinajstić information content (AvgIpc) is 3.83. The van der Waals surface area contributed by atoms with Gasteiger partial charge in [0, 0.05) is 37.3 Å². The van der Waals surface area contributed by atoms with Gasteiger partial charge in [-0.25, -0.2) is 9.97 Å². The molecule has 15 nitrogen and oxygen atoms in total. The highest BCUT2D eigenvalue weighted by atomic mass is 16.2. The van der Waals surface area contributed by atoms with Gasteiger partial charge in [-0.15, -0.1) is 0 Å². The zero-order valence-electron chi connectivity index (χ0n) is 28.4. The second-order valence-electron chi connectivity index (χ2n) is 12.5. The van der Waals surface area contributed by atoms with Gasteiger partial charge in [0.1, 0.15) is 11.4 Å². The molecule has 0 fully saturated rings. The third-order valence-electron chi connectivity index (χ3n) is 9.10. The van der Waals surface area contributed by atoms with Crippen molar-refractivity contribution in [2.45, 2.75) is 73.6 Å². The third kappa shape index (κ3) is 6.84. The predicted molar refractivity (Wildman–Crippen MR) is 196 cm³/mol. The number of carbonyl (C=O) groups excluding carboxylic acids is 3. The highest BCUT2D eigenvalue weighted by Gasteiger charge is 2.24. The molecule has 3 amide bonds. The van der Waals surface area contributed by atoms with Gasteiger partial charge in [0.15, 0.2) is 0 Å². The van der Waals surface area contributed by atoms with Crippen molar-refractivity contribution >= 4 is 51.7 Å². The van der Waals surface area contributed by atoms with Crippen LogP contribution in [0, 0.1) is 13.8 Å². The van der Waals surface area contributed by atoms with E-state index in [1.54, 1.807) is 33.6 Å². The number of benzene rings is 2. The normalized spacial score (nSPS) is 14.7. The number of nitrogens with two attached hydrogens (primary N) is 1. The number of para-hydroxylation sites is 2. The zero-order chi connectivity index (χ0) is 34.9. The van der Waals surface area contributed by atoms with Crippen LogP contribution in [0.5, 0.6) is 0 Å². The number of aromatic nitrogens is 8. The highest BCUT2D eigenvalue weighted by Crippen LogP contribution is 2.25. The van der Waals surface area contributed by atoms with E-state index in [2.05, 4.69) is 26.1 Å². The van der Waals surface area contributed by atoms with E-state index in [0.717, 1.165) is 39.9 Å². The molecule has 1 aliphatic rings. The molecule has 0 spiro atoms. The summed E-state index contributed by atoms with van der Waals surface area (Å²) in [5.41, 5.74) is 12.2. The zero-order valence-corrected chi connectivity index (χ0v) is 28.4. The molecule has 4 aromatic heterocycles. The molecule has 51 heavy (non-hydrogen) atoms. The van der Waals surface area contributed by atoms with E-state index in [4.69, 9.17) is 15.7 Å². The van der Waals surface area contributed by atoms with Crippen LogP contribution in [0.25, 0.3) is 22.1 Å². The lowest BCUT2D eigenvalue weighted by atomic mass is 10.1. The number of carbonyl (C=O) groups is 3. The number of imidazole rings is 2. The molecule has 2 aromatic carbocycles. The second-order valence-corrected chi connectivity index (χ2v) is 12.5. The Kier molecular flexibility index (Phi) is 10.0. The maximum Gasteiger partial charge on any atom is 0.276 e. The summed E-state index contributed by atoms with van der Waals surface area (Å²) in [6.07, 6.45) is 2.00. The van der Waals surface area contributed by atoms with Crippen LogP contribution in [0.2, 0.25) is 0 Å². The summed E-state index contributed by atoms with van der Waals surface area (Å²) in [5.74, 6) is -0.314. The quantitative estimate of drug-likeness (QED) is 0.207. The van der Waals surface area contributed by atoms with Crippen molar-refractivity contribution in [1.82, 2.24) is 44.0 Å². The van der Waals surface area contributed by atoms with E-state index in [9.17, 15) is 14.4 Å². The third-order valence-corrected chi connectivity index (χ3v) is 9.10. The van der Waals surface area contributed by atoms with Crippen molar-refractivity contribution in [2.75, 3.05) is 23.7 Å². The number of nitrogens with one attached hydrogen (secondary N) is 3. The molecular weight excluding hydrogens is 648 g/mol. The van der Waals surface area contributed by atoms with E-state index in [-0.39, 0.29) is 19.2 Å². The topological polar surface area (TPSA) is 185 Å². The van der Waals surface area contributed by atoms with E-state index in [0.29, 0.717) is 86.5 Å². The van der Waals surface area contributed by atoms with E-state index >= 15 is 0 Å². The van der Waals surface area contributed by atoms with Gasteiger partial charge in [-0.1, -0.05) is 19.6 Å². The van der Waals surface area contributed by atoms with Crippen molar-refractivity contribution in [3.63, 3.8) is 0 Å². The van der Waals surface area contributed by atoms with Crippen molar-refractivity contribution in [1.29, 1.82) is 0 Å². The molecule has 0 atom stereocenters. The summed E-state index contributed by atoms with van der Waals surface area (Å²) in [6.45, 7) is 8.96. The number of amides is 3. The van der Waals surface area contributed by atoms with Gasteiger partial charge in [-0.3, -0.25) is 34.4 Å². The Labute approximate surface area is 295 Å². The van der Waals surface area contributed by atoms with Crippen molar-refractivity contribution < 1.29 is 14.4 Å². The number of fused-ring (bicyclic) bond motifs is 8. The van der Waals surface area contributed by atoms with Gasteiger partial charge in [0.2, 0.25) is 17.8 Å². The fraction of sp³-hybridized carbons (Fsp3) is 0.361. The van der Waals surface area contributed by atoms with Crippen LogP contribution in [0.15, 0.2) is 48.5 Å². The fourth-order valence-electron chi connectivity index (χ4n) is 6.69. The molecule has 0 unspecified atom stereocenters. The first kappa shape index (κ1) is 35.0. The number of nitrogens with zero attached hydrogens (tertiary/aromatic N) is 8. The Balaban J connectivity index is 0.00000448. The minimum absolute atomic E-state index is 0. The lowest BCUT2D eigenvalue weighted by Gasteiger charge is -2.13.